The molecule has 0 spiro atoms. The van der Waals surface area contributed by atoms with E-state index in [4.69, 9.17) is 5.26 Å². The molecule has 0 fully saturated rings. The van der Waals surface area contributed by atoms with E-state index in [1.165, 1.54) is 5.40 Å². The largest absolute Gasteiger partial charge is 0.696 e. The number of hydrogen-bond donors (Lipinski definition) is 0. The zero-order chi connectivity index (χ0) is 2.71. The second kappa shape index (κ2) is 284. The van der Waals surface area contributed by atoms with Gasteiger partial charge >= 0.3 is 0 Å². The number of thiocyanates is 1. The zero-order valence-electron chi connectivity index (χ0n) is 4.93. The summed E-state index contributed by atoms with van der Waals surface area (Å²) in [7, 11) is 0. The molecule has 0 rings (SSSR count). The molecular weight excluding hydrogens is 243 g/mol. The van der Waals surface area contributed by atoms with Crippen LogP contribution in [0.25, 0.3) is 0 Å². The van der Waals surface area contributed by atoms with Gasteiger partial charge in [0.2, 0.25) is 0 Å². The number of nitrogens with zero attached hydrogens (tertiary/aromatic N) is 1. The van der Waals surface area contributed by atoms with Crippen molar-refractivity contribution < 1.29 is 65.6 Å². The Hall–Kier alpha value is 0.574. The second-order valence-electron chi connectivity index (χ2n) is 0.0913. The average molecular weight is 255 g/mol. The van der Waals surface area contributed by atoms with Crippen LogP contribution in [0, 0.1) is 10.7 Å². The maximum Gasteiger partial charge on any atom is 0 e. The van der Waals surface area contributed by atoms with Crippen LogP contribution < -0.4 is 0 Å². The summed E-state index contributed by atoms with van der Waals surface area (Å²) >= 11 is 3.70. The van der Waals surface area contributed by atoms with E-state index in [1.807, 2.05) is 0 Å². The third kappa shape index (κ3) is 1490. The third-order valence-electron chi connectivity index (χ3n) is 0. The molecule has 0 saturated carbocycles. The first-order valence-corrected chi connectivity index (χ1v) is 0.836. The fourth-order valence-corrected chi connectivity index (χ4v) is 0. The van der Waals surface area contributed by atoms with Crippen molar-refractivity contribution in [3.05, 3.63) is 0 Å². The average Bonchev–Trinajstić information content (AvgIpc) is 0.918. The van der Waals surface area contributed by atoms with E-state index >= 15 is 0 Å². The number of hydrogen-bond acceptors (Lipinski definition) is 2. The summed E-state index contributed by atoms with van der Waals surface area (Å²) in [4.78, 5) is 0. The molecule has 0 bridgehead atoms. The van der Waals surface area contributed by atoms with Gasteiger partial charge < -0.3 is 45.5 Å². The molecule has 0 aliphatic heterocycles. The van der Waals surface area contributed by atoms with Crippen molar-refractivity contribution in [1.82, 2.24) is 0 Å². The van der Waals surface area contributed by atoms with E-state index in [2.05, 4.69) is 12.6 Å². The van der Waals surface area contributed by atoms with Crippen LogP contribution in [0.4, 0.5) is 0 Å². The maximum absolute atomic E-state index is 7.13. The van der Waals surface area contributed by atoms with Gasteiger partial charge in [0.1, 0.15) is 0 Å². The van der Waals surface area contributed by atoms with Crippen molar-refractivity contribution >= 4 is 12.6 Å². The molecule has 0 heterocycles. The van der Waals surface area contributed by atoms with Crippen LogP contribution in [0.15, 0.2) is 0 Å². The maximum atomic E-state index is 7.13. The molecule has 12 N–H and O–H groups in total. The molecule has 0 aliphatic rings. The molecule has 0 aromatic carbocycles. The minimum atomic E-state index is 0. The normalized spacial score (nSPS) is 0.700. The van der Waals surface area contributed by atoms with Gasteiger partial charge in [-0.2, -0.15) is 0 Å². The van der Waals surface area contributed by atoms with Crippen molar-refractivity contribution in [3.8, 4) is 5.40 Å². The van der Waals surface area contributed by atoms with E-state index in [9.17, 15) is 0 Å². The van der Waals surface area contributed by atoms with E-state index < -0.39 is 0 Å². The van der Waals surface area contributed by atoms with Gasteiger partial charge in [-0.25, -0.2) is 5.26 Å². The fourth-order valence-electron chi connectivity index (χ4n) is 0. The van der Waals surface area contributed by atoms with Gasteiger partial charge in [0.15, 0.2) is 0 Å². The molecule has 0 saturated heterocycles. The summed E-state index contributed by atoms with van der Waals surface area (Å²) in [5, 5.41) is 8.47. The van der Waals surface area contributed by atoms with E-state index in [-0.39, 0.29) is 65.6 Å². The predicted octanol–water partition coefficient (Wildman–Crippen LogP) is -4.94. The van der Waals surface area contributed by atoms with Crippen LogP contribution in [0.5, 0.6) is 0 Å². The SMILES string of the molecule is N#C[S-].O.O.O.O.O.O.[Y]. The molecule has 67 valence electrons. The molecule has 0 aromatic rings. The molecule has 9 heteroatoms. The molecule has 1 radical (unpaired) electrons. The van der Waals surface area contributed by atoms with Crippen molar-refractivity contribution in [3.63, 3.8) is 0 Å². The van der Waals surface area contributed by atoms with E-state index in [0.717, 1.165) is 0 Å². The summed E-state index contributed by atoms with van der Waals surface area (Å²) in [5.41, 5.74) is 0. The molecular formula is CH12NO6SY-. The number of rotatable bonds is 0. The zero-order valence-corrected chi connectivity index (χ0v) is 8.59. The van der Waals surface area contributed by atoms with Crippen LogP contribution in [0.2, 0.25) is 0 Å². The molecule has 10 heavy (non-hydrogen) atoms. The minimum absolute atomic E-state index is 0. The van der Waals surface area contributed by atoms with Gasteiger partial charge in [-0.05, 0) is 0 Å². The first-order chi connectivity index (χ1) is 1.41. The van der Waals surface area contributed by atoms with Crippen LogP contribution in [-0.2, 0) is 45.3 Å². The summed E-state index contributed by atoms with van der Waals surface area (Å²) < 4.78 is 0. The number of nitriles is 1. The summed E-state index contributed by atoms with van der Waals surface area (Å²) in [6.45, 7) is 0. The Morgan fingerprint density at radius 3 is 0.800 bits per heavy atom. The third-order valence-corrected chi connectivity index (χ3v) is 0. The van der Waals surface area contributed by atoms with Crippen LogP contribution >= 0.6 is 0 Å². The quantitative estimate of drug-likeness (QED) is 0.307. The van der Waals surface area contributed by atoms with Crippen LogP contribution in [0.1, 0.15) is 0 Å². The molecule has 0 amide bonds. The standard InChI is InChI=1S/CHNS.6H2O.Y/c2-1-3;;;;;;;/h3H;6*1H2;/p-1. The molecule has 0 aliphatic carbocycles. The Morgan fingerprint density at radius 2 is 0.800 bits per heavy atom. The predicted molar refractivity (Wildman–Crippen MR) is 34.7 cm³/mol. The van der Waals surface area contributed by atoms with Crippen LogP contribution in [0.3, 0.4) is 0 Å². The van der Waals surface area contributed by atoms with Crippen molar-refractivity contribution in [2.45, 2.75) is 0 Å². The Balaban J connectivity index is -0.000000000952. The smallest absolute Gasteiger partial charge is 0 e. The van der Waals surface area contributed by atoms with E-state index in [1.54, 1.807) is 0 Å². The monoisotopic (exact) mass is 255 g/mol. The molecule has 0 atom stereocenters. The Kier molecular flexibility index (Phi) is 4160. The van der Waals surface area contributed by atoms with Crippen molar-refractivity contribution in [1.29, 1.82) is 5.26 Å². The Bertz CT molecular complexity index is 39.2. The summed E-state index contributed by atoms with van der Waals surface area (Å²) in [5.74, 6) is 0. The fraction of sp³-hybridized carbons (Fsp3) is 0. The van der Waals surface area contributed by atoms with Gasteiger partial charge in [0.05, 0.1) is 0 Å². The molecule has 7 nitrogen and oxygen atoms in total. The van der Waals surface area contributed by atoms with Gasteiger partial charge in [0, 0.05) is 32.7 Å². The topological polar surface area (TPSA) is 213 Å². The molecule has 0 aromatic heterocycles. The first-order valence-electron chi connectivity index (χ1n) is 0.428. The minimum Gasteiger partial charge on any atom is -0.696 e. The molecule has 0 unspecified atom stereocenters. The van der Waals surface area contributed by atoms with Gasteiger partial charge in [-0.3, -0.25) is 0 Å². The second-order valence-corrected chi connectivity index (χ2v) is 0.274. The summed E-state index contributed by atoms with van der Waals surface area (Å²) in [6.07, 6.45) is 0. The Morgan fingerprint density at radius 1 is 0.800 bits per heavy atom. The first kappa shape index (κ1) is 146. The summed E-state index contributed by atoms with van der Waals surface area (Å²) in [6, 6.07) is 0. The van der Waals surface area contributed by atoms with E-state index in [0.29, 0.717) is 0 Å². The van der Waals surface area contributed by atoms with Gasteiger partial charge in [0.25, 0.3) is 0 Å². The Labute approximate surface area is 88.6 Å². The van der Waals surface area contributed by atoms with Crippen molar-refractivity contribution in [2.75, 3.05) is 0 Å². The van der Waals surface area contributed by atoms with Crippen molar-refractivity contribution in [2.24, 2.45) is 0 Å². The van der Waals surface area contributed by atoms with Gasteiger partial charge in [-0.15, -0.1) is 0 Å². The van der Waals surface area contributed by atoms with Gasteiger partial charge in [-0.1, -0.05) is 5.40 Å². The van der Waals surface area contributed by atoms with Crippen LogP contribution in [-0.4, -0.2) is 32.9 Å².